The highest BCUT2D eigenvalue weighted by Crippen LogP contribution is 2.30. The molecule has 0 saturated heterocycles. The van der Waals surface area contributed by atoms with Gasteiger partial charge in [-0.25, -0.2) is 29.5 Å². The van der Waals surface area contributed by atoms with Gasteiger partial charge in [0.2, 0.25) is 44.8 Å². The molecule has 0 aliphatic rings. The minimum absolute atomic E-state index is 0.413. The van der Waals surface area contributed by atoms with Crippen LogP contribution in [-0.2, 0) is 48.1 Å². The Hall–Kier alpha value is -11.2. The molecule has 15 rings (SSSR count). The first-order chi connectivity index (χ1) is 50.1. The second kappa shape index (κ2) is 33.3. The van der Waals surface area contributed by atoms with E-state index in [4.69, 9.17) is 19.9 Å². The van der Waals surface area contributed by atoms with Gasteiger partial charge in [0.15, 0.2) is 16.9 Å². The summed E-state index contributed by atoms with van der Waals surface area (Å²) >= 11 is 0. The molecule has 0 unspecified atom stereocenters. The zero-order valence-corrected chi connectivity index (χ0v) is 64.2. The maximum absolute atomic E-state index is 4.79. The van der Waals surface area contributed by atoms with Crippen molar-refractivity contribution in [2.24, 2.45) is 47.1 Å². The van der Waals surface area contributed by atoms with Crippen molar-refractivity contribution < 1.29 is 22.8 Å². The Labute approximate surface area is 616 Å². The highest BCUT2D eigenvalue weighted by molar-refractivity contribution is 5.80. The minimum Gasteiger partial charge on any atom is -0.244 e. The summed E-state index contributed by atoms with van der Waals surface area (Å²) in [6.07, 6.45) is 12.0. The van der Waals surface area contributed by atoms with Gasteiger partial charge in [-0.2, -0.15) is 18.3 Å². The first-order valence-electron chi connectivity index (χ1n) is 36.6. The number of para-hydroxylation sites is 5. The molecule has 104 heavy (non-hydrogen) atoms. The summed E-state index contributed by atoms with van der Waals surface area (Å²) in [6, 6.07) is 73.9. The van der Waals surface area contributed by atoms with Gasteiger partial charge < -0.3 is 0 Å². The fraction of sp³-hybridized carbons (Fsp3) is 0.258. The lowest BCUT2D eigenvalue weighted by molar-refractivity contribution is -0.636. The first-order valence-corrected chi connectivity index (χ1v) is 36.6. The quantitative estimate of drug-likeness (QED) is 0.120. The molecular weight excluding hydrogens is 1270 g/mol. The normalized spacial score (nSPS) is 11.2. The average Bonchev–Trinajstić information content (AvgIpc) is 0.803. The van der Waals surface area contributed by atoms with Gasteiger partial charge in [0, 0.05) is 35.7 Å². The van der Waals surface area contributed by atoms with Crippen molar-refractivity contribution in [2.45, 2.75) is 115 Å². The van der Waals surface area contributed by atoms with Gasteiger partial charge in [0.25, 0.3) is 0 Å². The van der Waals surface area contributed by atoms with Crippen LogP contribution in [-0.4, -0.2) is 29.9 Å². The second-order valence-corrected chi connectivity index (χ2v) is 28.9. The number of hydrogen-bond acceptors (Lipinski definition) is 6. The fourth-order valence-corrected chi connectivity index (χ4v) is 13.9. The van der Waals surface area contributed by atoms with Gasteiger partial charge in [-0.15, -0.1) is 0 Å². The number of fused-ring (bicyclic) bond motifs is 5. The maximum atomic E-state index is 4.79. The molecule has 6 heterocycles. The molecule has 0 atom stereocenters. The maximum Gasteiger partial charge on any atom is 0.349 e. The third-order valence-electron chi connectivity index (χ3n) is 19.7. The molecule has 0 saturated carbocycles. The molecule has 0 bridgehead atoms. The van der Waals surface area contributed by atoms with Gasteiger partial charge in [0.1, 0.15) is 75.0 Å². The lowest BCUT2D eigenvalue weighted by Gasteiger charge is -2.10. The molecule has 0 aliphatic heterocycles. The van der Waals surface area contributed by atoms with E-state index in [-0.39, 0.29) is 0 Å². The minimum atomic E-state index is 0.413. The van der Waals surface area contributed by atoms with E-state index in [9.17, 15) is 0 Å². The highest BCUT2D eigenvalue weighted by atomic mass is 15.0. The SMILES string of the molecule is Cc1ccccc1-c1cnc2c(C(C)C)cccc2[n+]1C.Cc1ccccc1-c1cnc2c(CC(C)C)cccc2[n+]1C.Cc1ccccc1-c1cnc2c(CC(C)C)cccc2[n+]1C.Cc1ccccc1-c1cnc2ccc(C(C)C)nc2[n+]1C.Cc1ccccc1-c1cnc2ccccc2[n+]1C. The fourth-order valence-electron chi connectivity index (χ4n) is 13.9. The van der Waals surface area contributed by atoms with Gasteiger partial charge in [-0.1, -0.05) is 201 Å². The van der Waals surface area contributed by atoms with Crippen LogP contribution in [0.3, 0.4) is 0 Å². The number of aromatic nitrogens is 11. The van der Waals surface area contributed by atoms with E-state index in [1.54, 1.807) is 0 Å². The monoisotopic (exact) mass is 1370 g/mol. The topological polar surface area (TPSA) is 96.7 Å². The average molecular weight is 1370 g/mol. The zero-order chi connectivity index (χ0) is 73.9. The number of pyridine rings is 1. The van der Waals surface area contributed by atoms with E-state index in [0.29, 0.717) is 23.7 Å². The molecule has 0 fully saturated rings. The van der Waals surface area contributed by atoms with E-state index in [0.717, 1.165) is 85.8 Å². The van der Waals surface area contributed by atoms with Gasteiger partial charge in [-0.05, 0) is 157 Å². The van der Waals surface area contributed by atoms with Crippen LogP contribution in [0.5, 0.6) is 0 Å². The van der Waals surface area contributed by atoms with E-state index in [1.165, 1.54) is 88.9 Å². The Bertz CT molecular complexity index is 5360. The molecular formula is C93H102N11+5. The third-order valence-corrected chi connectivity index (χ3v) is 19.7. The Balaban J connectivity index is 0.000000130. The summed E-state index contributed by atoms with van der Waals surface area (Å²) in [5.41, 5.74) is 34.2. The lowest BCUT2D eigenvalue weighted by Crippen LogP contribution is -2.34. The van der Waals surface area contributed by atoms with Gasteiger partial charge in [-0.3, -0.25) is 0 Å². The summed E-state index contributed by atoms with van der Waals surface area (Å²) in [5, 5.41) is 0. The third kappa shape index (κ3) is 16.5. The van der Waals surface area contributed by atoms with Crippen LogP contribution in [0.2, 0.25) is 0 Å². The smallest absolute Gasteiger partial charge is 0.244 e. The van der Waals surface area contributed by atoms with Crippen molar-refractivity contribution in [1.29, 1.82) is 0 Å². The Kier molecular flexibility index (Phi) is 23.7. The van der Waals surface area contributed by atoms with E-state index in [2.05, 4.69) is 352 Å². The van der Waals surface area contributed by atoms with Crippen LogP contribution >= 0.6 is 0 Å². The van der Waals surface area contributed by atoms with Gasteiger partial charge >= 0.3 is 5.65 Å². The summed E-state index contributed by atoms with van der Waals surface area (Å²) in [7, 11) is 10.5. The van der Waals surface area contributed by atoms with E-state index >= 15 is 0 Å². The predicted molar refractivity (Wildman–Crippen MR) is 429 cm³/mol. The molecule has 15 aromatic rings. The first kappa shape index (κ1) is 74.0. The number of nitrogens with zero attached hydrogens (tertiary/aromatic N) is 11. The van der Waals surface area contributed by atoms with Crippen LogP contribution in [0.1, 0.15) is 117 Å². The van der Waals surface area contributed by atoms with Crippen molar-refractivity contribution in [3.8, 4) is 56.3 Å². The van der Waals surface area contributed by atoms with Crippen LogP contribution in [0.15, 0.2) is 243 Å². The van der Waals surface area contributed by atoms with E-state index < -0.39 is 0 Å². The van der Waals surface area contributed by atoms with Crippen molar-refractivity contribution in [1.82, 2.24) is 29.9 Å². The summed E-state index contributed by atoms with van der Waals surface area (Å²) in [4.78, 5) is 28.2. The number of benzene rings is 9. The summed E-state index contributed by atoms with van der Waals surface area (Å²) in [6.45, 7) is 28.4. The summed E-state index contributed by atoms with van der Waals surface area (Å²) in [5.74, 6) is 2.16. The van der Waals surface area contributed by atoms with Crippen molar-refractivity contribution in [2.75, 3.05) is 0 Å². The van der Waals surface area contributed by atoms with Crippen molar-refractivity contribution in [3.63, 3.8) is 0 Å². The largest absolute Gasteiger partial charge is 0.349 e. The number of rotatable bonds is 11. The molecule has 0 amide bonds. The molecule has 524 valence electrons. The number of hydrogen-bond donors (Lipinski definition) is 0. The molecule has 11 nitrogen and oxygen atoms in total. The van der Waals surface area contributed by atoms with Crippen LogP contribution in [0.4, 0.5) is 0 Å². The molecule has 0 spiro atoms. The second-order valence-electron chi connectivity index (χ2n) is 28.9. The Morgan fingerprint density at radius 2 is 0.596 bits per heavy atom. The summed E-state index contributed by atoms with van der Waals surface area (Å²) < 4.78 is 11.1. The lowest BCUT2D eigenvalue weighted by atomic mass is 10.0. The predicted octanol–water partition coefficient (Wildman–Crippen LogP) is 19.2. The molecule has 0 aliphatic carbocycles. The highest BCUT2D eigenvalue weighted by Gasteiger charge is 2.24. The van der Waals surface area contributed by atoms with Crippen LogP contribution in [0, 0.1) is 46.5 Å². The molecule has 9 aromatic carbocycles. The molecule has 11 heteroatoms. The van der Waals surface area contributed by atoms with Crippen molar-refractivity contribution >= 4 is 55.3 Å². The molecule has 0 N–H and O–H groups in total. The van der Waals surface area contributed by atoms with Crippen molar-refractivity contribution in [3.05, 3.63) is 294 Å². The van der Waals surface area contributed by atoms with Crippen LogP contribution in [0.25, 0.3) is 112 Å². The van der Waals surface area contributed by atoms with Crippen LogP contribution < -0.4 is 22.8 Å². The molecule has 6 aromatic heterocycles. The zero-order valence-electron chi connectivity index (χ0n) is 64.2. The molecule has 0 radical (unpaired) electrons. The standard InChI is InChI=1S/2C20H23N2.C19H21N2.C18H20N3.C16H15N2/c2*1-14(2)12-16-9-7-11-18-20(16)21-13-19(22(18)4)17-10-6-5-8-15(17)3;1-13(2)15-10-7-11-17-19(15)20-12-18(21(17)4)16-9-6-5-8-14(16)3;1-12(2)15-9-10-16-18(20-15)21(4)17(11-19-16)14-8-6-5-7-13(14)3;1-12-7-3-4-8-13(12)16-11-17-14-9-5-6-10-15(14)18(16)2/h2*5-11,13-14H,12H2,1-4H3;5-13H,1-4H3;5-12H,1-4H3;3-11H,1-2H3/q5*+1. The Morgan fingerprint density at radius 1 is 0.279 bits per heavy atom. The van der Waals surface area contributed by atoms with E-state index in [1.807, 2.05) is 49.2 Å². The Morgan fingerprint density at radius 3 is 0.981 bits per heavy atom. The number of aryl methyl sites for hydroxylation is 10. The van der Waals surface area contributed by atoms with Gasteiger partial charge in [0.05, 0.1) is 35.5 Å².